The fraction of sp³-hybridized carbons (Fsp3) is 0. The van der Waals surface area contributed by atoms with E-state index in [1.54, 1.807) is 18.3 Å². The van der Waals surface area contributed by atoms with Crippen molar-refractivity contribution >= 4 is 55.0 Å². The molecule has 8 rings (SSSR count). The summed E-state index contributed by atoms with van der Waals surface area (Å²) in [6, 6.07) is 43.6. The zero-order valence-corrected chi connectivity index (χ0v) is 24.5. The number of anilines is 1. The van der Waals surface area contributed by atoms with Crippen molar-refractivity contribution in [2.24, 2.45) is 0 Å². The molecule has 0 bridgehead atoms. The Hall–Kier alpha value is -6.13. The molecule has 0 atom stereocenters. The third-order valence-electron chi connectivity index (χ3n) is 8.23. The number of rotatable bonds is 3. The lowest BCUT2D eigenvalue weighted by molar-refractivity contribution is 1.33. The molecule has 6 aromatic carbocycles. The van der Waals surface area contributed by atoms with Gasteiger partial charge < -0.3 is 5.73 Å². The van der Waals surface area contributed by atoms with E-state index in [-0.39, 0.29) is 11.4 Å². The summed E-state index contributed by atoms with van der Waals surface area (Å²) in [6.07, 6.45) is 9.13. The van der Waals surface area contributed by atoms with Crippen LogP contribution < -0.4 is 5.73 Å². The van der Waals surface area contributed by atoms with Crippen LogP contribution in [0.1, 0.15) is 5.56 Å². The SMILES string of the molecule is N=C1C=CC(c2c3ccccc3c(-c3ccccc3)c3ccccc23)=CC1=N.Nc1ccc(-c2cccnc2)c2ccccc12. The van der Waals surface area contributed by atoms with Gasteiger partial charge in [-0.05, 0) is 79.0 Å². The summed E-state index contributed by atoms with van der Waals surface area (Å²) in [6.45, 7) is 0. The van der Waals surface area contributed by atoms with Gasteiger partial charge in [-0.15, -0.1) is 0 Å². The topological polar surface area (TPSA) is 86.6 Å². The van der Waals surface area contributed by atoms with Crippen LogP contribution in [0.3, 0.4) is 0 Å². The van der Waals surface area contributed by atoms with Crippen LogP contribution in [0.2, 0.25) is 0 Å². The number of aromatic nitrogens is 1. The maximum absolute atomic E-state index is 8.12. The van der Waals surface area contributed by atoms with Crippen LogP contribution in [0, 0.1) is 10.8 Å². The summed E-state index contributed by atoms with van der Waals surface area (Å²) >= 11 is 0. The number of nitrogens with one attached hydrogen (secondary N) is 2. The van der Waals surface area contributed by atoms with E-state index < -0.39 is 0 Å². The van der Waals surface area contributed by atoms with Crippen LogP contribution in [-0.2, 0) is 0 Å². The highest BCUT2D eigenvalue weighted by Crippen LogP contribution is 2.42. The lowest BCUT2D eigenvalue weighted by atomic mass is 9.84. The van der Waals surface area contributed by atoms with Gasteiger partial charge >= 0.3 is 0 Å². The predicted molar refractivity (Wildman–Crippen MR) is 191 cm³/mol. The number of hydrogen-bond donors (Lipinski definition) is 3. The largest absolute Gasteiger partial charge is 0.398 e. The van der Waals surface area contributed by atoms with Crippen LogP contribution >= 0.6 is 0 Å². The Bertz CT molecular complexity index is 2240. The first kappa shape index (κ1) is 27.7. The zero-order chi connectivity index (χ0) is 30.8. The van der Waals surface area contributed by atoms with Crippen molar-refractivity contribution in [3.63, 3.8) is 0 Å². The van der Waals surface area contributed by atoms with E-state index in [1.165, 1.54) is 32.8 Å². The van der Waals surface area contributed by atoms with E-state index in [9.17, 15) is 0 Å². The molecule has 45 heavy (non-hydrogen) atoms. The number of benzene rings is 6. The Balaban J connectivity index is 0.000000163. The number of allylic oxidation sites excluding steroid dienone is 4. The fourth-order valence-corrected chi connectivity index (χ4v) is 6.15. The molecule has 1 aliphatic carbocycles. The lowest BCUT2D eigenvalue weighted by Gasteiger charge is -2.19. The Morgan fingerprint density at radius 3 is 1.62 bits per heavy atom. The molecular formula is C41H30N4. The van der Waals surface area contributed by atoms with Crippen molar-refractivity contribution in [3.8, 4) is 22.3 Å². The van der Waals surface area contributed by atoms with Gasteiger partial charge in [-0.2, -0.15) is 0 Å². The Labute approximate surface area is 261 Å². The van der Waals surface area contributed by atoms with Crippen molar-refractivity contribution in [1.82, 2.24) is 4.98 Å². The minimum Gasteiger partial charge on any atom is -0.398 e. The van der Waals surface area contributed by atoms with Gasteiger partial charge in [0.05, 0.1) is 11.4 Å². The van der Waals surface area contributed by atoms with Gasteiger partial charge in [0.15, 0.2) is 0 Å². The van der Waals surface area contributed by atoms with Crippen LogP contribution in [-0.4, -0.2) is 16.4 Å². The molecule has 0 unspecified atom stereocenters. The van der Waals surface area contributed by atoms with Gasteiger partial charge in [0.2, 0.25) is 0 Å². The summed E-state index contributed by atoms with van der Waals surface area (Å²) in [5.41, 5.74) is 14.1. The third kappa shape index (κ3) is 5.19. The molecule has 7 aromatic rings. The monoisotopic (exact) mass is 578 g/mol. The molecule has 0 aliphatic heterocycles. The Morgan fingerprint density at radius 2 is 1.02 bits per heavy atom. The van der Waals surface area contributed by atoms with E-state index in [1.807, 2.05) is 48.7 Å². The molecule has 0 radical (unpaired) electrons. The second kappa shape index (κ2) is 11.9. The quantitative estimate of drug-likeness (QED) is 0.111. The Morgan fingerprint density at radius 1 is 0.467 bits per heavy atom. The first-order chi connectivity index (χ1) is 22.1. The highest BCUT2D eigenvalue weighted by atomic mass is 14.6. The molecule has 0 saturated heterocycles. The van der Waals surface area contributed by atoms with Crippen LogP contribution in [0.25, 0.3) is 60.1 Å². The van der Waals surface area contributed by atoms with E-state index in [0.717, 1.165) is 38.5 Å². The summed E-state index contributed by atoms with van der Waals surface area (Å²) in [4.78, 5) is 4.16. The van der Waals surface area contributed by atoms with Gasteiger partial charge in [-0.25, -0.2) is 0 Å². The predicted octanol–water partition coefficient (Wildman–Crippen LogP) is 10.1. The van der Waals surface area contributed by atoms with Gasteiger partial charge in [-0.1, -0.05) is 121 Å². The fourth-order valence-electron chi connectivity index (χ4n) is 6.15. The summed E-state index contributed by atoms with van der Waals surface area (Å²) in [7, 11) is 0. The van der Waals surface area contributed by atoms with Gasteiger partial charge in [0, 0.05) is 29.0 Å². The number of hydrogen-bond acceptors (Lipinski definition) is 4. The average Bonchev–Trinajstić information content (AvgIpc) is 3.10. The van der Waals surface area contributed by atoms with Gasteiger partial charge in [-0.3, -0.25) is 15.8 Å². The van der Waals surface area contributed by atoms with Crippen molar-refractivity contribution < 1.29 is 0 Å². The lowest BCUT2D eigenvalue weighted by Crippen LogP contribution is -2.10. The smallest absolute Gasteiger partial charge is 0.0795 e. The van der Waals surface area contributed by atoms with E-state index in [0.29, 0.717) is 0 Å². The number of nitrogen functional groups attached to an aromatic ring is 1. The first-order valence-corrected chi connectivity index (χ1v) is 14.8. The average molecular weight is 579 g/mol. The molecule has 0 amide bonds. The summed E-state index contributed by atoms with van der Waals surface area (Å²) in [5.74, 6) is 0. The van der Waals surface area contributed by atoms with Crippen LogP contribution in [0.4, 0.5) is 5.69 Å². The third-order valence-corrected chi connectivity index (χ3v) is 8.23. The second-order valence-electron chi connectivity index (χ2n) is 11.0. The standard InChI is InChI=1S/C26H18N2.C15H12N2/c27-23-15-14-18(16-24(23)28)26-21-12-6-4-10-19(21)25(17-8-2-1-3-9-17)20-11-5-7-13-22(20)26;16-15-8-7-12(11-4-3-9-17-10-11)13-5-1-2-6-14(13)15/h1-16,27-28H;1-10H,16H2. The van der Waals surface area contributed by atoms with E-state index in [2.05, 4.69) is 96.0 Å². The normalized spacial score (nSPS) is 12.7. The minimum atomic E-state index is 0.248. The number of nitrogens with zero attached hydrogens (tertiary/aromatic N) is 1. The van der Waals surface area contributed by atoms with Crippen molar-refractivity contribution in [2.45, 2.75) is 0 Å². The highest BCUT2D eigenvalue weighted by molar-refractivity contribution is 6.50. The Kier molecular flexibility index (Phi) is 7.30. The highest BCUT2D eigenvalue weighted by Gasteiger charge is 2.18. The molecule has 4 nitrogen and oxygen atoms in total. The summed E-state index contributed by atoms with van der Waals surface area (Å²) < 4.78 is 0. The summed E-state index contributed by atoms with van der Waals surface area (Å²) in [5, 5.41) is 23.0. The number of nitrogens with two attached hydrogens (primary N) is 1. The molecule has 0 fully saturated rings. The maximum atomic E-state index is 8.12. The van der Waals surface area contributed by atoms with Crippen LogP contribution in [0.5, 0.6) is 0 Å². The molecule has 4 heteroatoms. The van der Waals surface area contributed by atoms with Gasteiger partial charge in [0.1, 0.15) is 0 Å². The molecule has 1 heterocycles. The first-order valence-electron chi connectivity index (χ1n) is 14.8. The molecule has 1 aliphatic rings. The van der Waals surface area contributed by atoms with E-state index in [4.69, 9.17) is 16.6 Å². The van der Waals surface area contributed by atoms with Crippen LogP contribution in [0.15, 0.2) is 158 Å². The number of pyridine rings is 1. The molecule has 0 saturated carbocycles. The van der Waals surface area contributed by atoms with E-state index >= 15 is 0 Å². The van der Waals surface area contributed by atoms with Gasteiger partial charge in [0.25, 0.3) is 0 Å². The number of fused-ring (bicyclic) bond motifs is 3. The van der Waals surface area contributed by atoms with Crippen molar-refractivity contribution in [2.75, 3.05) is 5.73 Å². The minimum absolute atomic E-state index is 0.248. The molecule has 0 spiro atoms. The zero-order valence-electron chi connectivity index (χ0n) is 24.5. The molecule has 4 N–H and O–H groups in total. The molecular weight excluding hydrogens is 548 g/mol. The maximum Gasteiger partial charge on any atom is 0.0795 e. The second-order valence-corrected chi connectivity index (χ2v) is 11.0. The molecule has 214 valence electrons. The van der Waals surface area contributed by atoms with Crippen molar-refractivity contribution in [1.29, 1.82) is 10.8 Å². The molecule has 1 aromatic heterocycles. The van der Waals surface area contributed by atoms with Crippen molar-refractivity contribution in [3.05, 3.63) is 164 Å².